The molecule has 3 aromatic rings. The highest BCUT2D eigenvalue weighted by Crippen LogP contribution is 2.37. The Balaban J connectivity index is 1.80. The first-order chi connectivity index (χ1) is 10.4. The summed E-state index contributed by atoms with van der Waals surface area (Å²) in [5, 5.41) is 3.22. The van der Waals surface area contributed by atoms with Gasteiger partial charge in [0.1, 0.15) is 5.03 Å². The van der Waals surface area contributed by atoms with Gasteiger partial charge in [-0.15, -0.1) is 11.3 Å². The summed E-state index contributed by atoms with van der Waals surface area (Å²) in [7, 11) is 0. The van der Waals surface area contributed by atoms with Crippen molar-refractivity contribution < 1.29 is 0 Å². The Morgan fingerprint density at radius 2 is 1.95 bits per heavy atom. The normalized spacial score (nSPS) is 13.3. The molecule has 0 aromatic carbocycles. The number of hydrogen-bond donors (Lipinski definition) is 0. The van der Waals surface area contributed by atoms with Gasteiger partial charge in [0.2, 0.25) is 0 Å². The molecule has 0 bridgehead atoms. The van der Waals surface area contributed by atoms with Gasteiger partial charge in [-0.25, -0.2) is 9.97 Å². The third-order valence-corrected chi connectivity index (χ3v) is 5.59. The van der Waals surface area contributed by atoms with E-state index in [0.29, 0.717) is 0 Å². The van der Waals surface area contributed by atoms with Crippen LogP contribution in [0, 0.1) is 0 Å². The Morgan fingerprint density at radius 3 is 2.76 bits per heavy atom. The molecule has 0 atom stereocenters. The van der Waals surface area contributed by atoms with Crippen LogP contribution in [-0.4, -0.2) is 15.0 Å². The van der Waals surface area contributed by atoms with E-state index in [1.807, 2.05) is 12.1 Å². The zero-order valence-electron chi connectivity index (χ0n) is 11.3. The van der Waals surface area contributed by atoms with Gasteiger partial charge < -0.3 is 0 Å². The number of pyridine rings is 1. The summed E-state index contributed by atoms with van der Waals surface area (Å²) >= 11 is 3.52. The number of aromatic nitrogens is 3. The average Bonchev–Trinajstić information content (AvgIpc) is 3.19. The maximum absolute atomic E-state index is 4.82. The first-order valence-corrected chi connectivity index (χ1v) is 8.61. The minimum absolute atomic E-state index is 0.817. The van der Waals surface area contributed by atoms with Crippen LogP contribution in [0.4, 0.5) is 0 Å². The van der Waals surface area contributed by atoms with Gasteiger partial charge in [0.05, 0.1) is 4.21 Å². The quantitative estimate of drug-likeness (QED) is 0.678. The maximum Gasteiger partial charge on any atom is 0.160 e. The van der Waals surface area contributed by atoms with E-state index in [4.69, 9.17) is 9.97 Å². The van der Waals surface area contributed by atoms with Crippen molar-refractivity contribution in [2.45, 2.75) is 28.5 Å². The molecule has 0 fully saturated rings. The Labute approximate surface area is 131 Å². The number of thiophene rings is 1. The van der Waals surface area contributed by atoms with Gasteiger partial charge in [0, 0.05) is 29.2 Å². The molecule has 104 valence electrons. The number of fused-ring (bicyclic) bond motifs is 1. The first kappa shape index (κ1) is 13.0. The van der Waals surface area contributed by atoms with Crippen molar-refractivity contribution >= 4 is 23.1 Å². The number of hydrogen-bond acceptors (Lipinski definition) is 5. The lowest BCUT2D eigenvalue weighted by molar-refractivity contribution is 0.896. The molecule has 4 rings (SSSR count). The van der Waals surface area contributed by atoms with Crippen molar-refractivity contribution in [3.8, 4) is 11.4 Å². The molecular weight excluding hydrogens is 298 g/mol. The van der Waals surface area contributed by atoms with Crippen molar-refractivity contribution in [3.63, 3.8) is 0 Å². The molecule has 3 heterocycles. The van der Waals surface area contributed by atoms with Gasteiger partial charge in [-0.2, -0.15) is 0 Å². The summed E-state index contributed by atoms with van der Waals surface area (Å²) in [4.78, 5) is 13.7. The second-order valence-electron chi connectivity index (χ2n) is 4.90. The number of nitrogens with zero attached hydrogens (tertiary/aromatic N) is 3. The van der Waals surface area contributed by atoms with Crippen LogP contribution in [0.2, 0.25) is 0 Å². The van der Waals surface area contributed by atoms with Crippen LogP contribution < -0.4 is 0 Å². The fourth-order valence-corrected chi connectivity index (χ4v) is 4.39. The highest BCUT2D eigenvalue weighted by Gasteiger charge is 2.20. The lowest BCUT2D eigenvalue weighted by atomic mass is 10.2. The molecular formula is C16H13N3S2. The van der Waals surface area contributed by atoms with Crippen molar-refractivity contribution in [2.75, 3.05) is 0 Å². The molecule has 1 aliphatic rings. The van der Waals surface area contributed by atoms with Crippen LogP contribution in [0.15, 0.2) is 51.3 Å². The average molecular weight is 311 g/mol. The Hall–Kier alpha value is -1.72. The van der Waals surface area contributed by atoms with Crippen LogP contribution in [0.25, 0.3) is 11.4 Å². The van der Waals surface area contributed by atoms with Crippen LogP contribution >= 0.6 is 23.1 Å². The lowest BCUT2D eigenvalue weighted by Gasteiger charge is -2.09. The standard InChI is InChI=1S/C16H13N3S2/c1-3-12-13(4-1)18-15(11-6-8-17-9-7-11)19-16(12)21-14-5-2-10-20-14/h2,5-10H,1,3-4H2. The monoisotopic (exact) mass is 311 g/mol. The molecule has 0 amide bonds. The van der Waals surface area contributed by atoms with E-state index >= 15 is 0 Å². The van der Waals surface area contributed by atoms with E-state index in [9.17, 15) is 0 Å². The van der Waals surface area contributed by atoms with Crippen LogP contribution in [0.3, 0.4) is 0 Å². The topological polar surface area (TPSA) is 38.7 Å². The van der Waals surface area contributed by atoms with E-state index in [2.05, 4.69) is 22.5 Å². The predicted octanol–water partition coefficient (Wildman–Crippen LogP) is 4.24. The molecule has 0 aliphatic heterocycles. The minimum Gasteiger partial charge on any atom is -0.265 e. The Kier molecular flexibility index (Phi) is 3.45. The van der Waals surface area contributed by atoms with Crippen molar-refractivity contribution in [3.05, 3.63) is 53.3 Å². The summed E-state index contributed by atoms with van der Waals surface area (Å²) in [5.74, 6) is 0.817. The fourth-order valence-electron chi connectivity index (χ4n) is 2.53. The molecule has 0 N–H and O–H groups in total. The summed E-state index contributed by atoms with van der Waals surface area (Å²) in [6.45, 7) is 0. The number of aryl methyl sites for hydroxylation is 1. The maximum atomic E-state index is 4.82. The largest absolute Gasteiger partial charge is 0.265 e. The van der Waals surface area contributed by atoms with Crippen LogP contribution in [-0.2, 0) is 12.8 Å². The van der Waals surface area contributed by atoms with Crippen LogP contribution in [0.1, 0.15) is 17.7 Å². The Bertz CT molecular complexity index is 755. The Morgan fingerprint density at radius 1 is 1.05 bits per heavy atom. The molecule has 0 spiro atoms. The van der Waals surface area contributed by atoms with E-state index in [0.717, 1.165) is 29.3 Å². The molecule has 0 saturated heterocycles. The zero-order chi connectivity index (χ0) is 14.1. The summed E-state index contributed by atoms with van der Waals surface area (Å²) < 4.78 is 1.28. The molecule has 0 radical (unpaired) electrons. The highest BCUT2D eigenvalue weighted by molar-refractivity contribution is 8.01. The minimum atomic E-state index is 0.817. The van der Waals surface area contributed by atoms with Crippen molar-refractivity contribution in [1.82, 2.24) is 15.0 Å². The molecule has 5 heteroatoms. The number of rotatable bonds is 3. The predicted molar refractivity (Wildman–Crippen MR) is 85.7 cm³/mol. The molecule has 3 aromatic heterocycles. The molecule has 3 nitrogen and oxygen atoms in total. The van der Waals surface area contributed by atoms with E-state index < -0.39 is 0 Å². The van der Waals surface area contributed by atoms with E-state index in [-0.39, 0.29) is 0 Å². The fraction of sp³-hybridized carbons (Fsp3) is 0.188. The van der Waals surface area contributed by atoms with Gasteiger partial charge in [0.15, 0.2) is 5.82 Å². The third kappa shape index (κ3) is 2.59. The smallest absolute Gasteiger partial charge is 0.160 e. The zero-order valence-corrected chi connectivity index (χ0v) is 13.0. The molecule has 0 unspecified atom stereocenters. The summed E-state index contributed by atoms with van der Waals surface area (Å²) in [5.41, 5.74) is 3.59. The second kappa shape index (κ2) is 5.58. The van der Waals surface area contributed by atoms with Gasteiger partial charge in [0.25, 0.3) is 0 Å². The summed E-state index contributed by atoms with van der Waals surface area (Å²) in [6, 6.07) is 8.16. The second-order valence-corrected chi connectivity index (χ2v) is 7.14. The van der Waals surface area contributed by atoms with Crippen LogP contribution in [0.5, 0.6) is 0 Å². The molecule has 21 heavy (non-hydrogen) atoms. The first-order valence-electron chi connectivity index (χ1n) is 6.92. The SMILES string of the molecule is c1csc(Sc2nc(-c3ccncc3)nc3c2CCC3)c1. The third-order valence-electron chi connectivity index (χ3n) is 3.53. The van der Waals surface area contributed by atoms with Gasteiger partial charge in [-0.1, -0.05) is 17.8 Å². The van der Waals surface area contributed by atoms with E-state index in [1.54, 1.807) is 35.5 Å². The lowest BCUT2D eigenvalue weighted by Crippen LogP contribution is -1.99. The van der Waals surface area contributed by atoms with Gasteiger partial charge in [-0.3, -0.25) is 4.98 Å². The van der Waals surface area contributed by atoms with Gasteiger partial charge >= 0.3 is 0 Å². The van der Waals surface area contributed by atoms with Gasteiger partial charge in [-0.05, 0) is 42.8 Å². The van der Waals surface area contributed by atoms with Crippen molar-refractivity contribution in [1.29, 1.82) is 0 Å². The van der Waals surface area contributed by atoms with Crippen molar-refractivity contribution in [2.24, 2.45) is 0 Å². The highest BCUT2D eigenvalue weighted by atomic mass is 32.2. The molecule has 0 saturated carbocycles. The van der Waals surface area contributed by atoms with E-state index in [1.165, 1.54) is 21.9 Å². The molecule has 1 aliphatic carbocycles. The summed E-state index contributed by atoms with van der Waals surface area (Å²) in [6.07, 6.45) is 6.92.